The van der Waals surface area contributed by atoms with E-state index in [1.807, 2.05) is 30.3 Å². The van der Waals surface area contributed by atoms with Crippen molar-refractivity contribution in [1.82, 2.24) is 4.98 Å². The van der Waals surface area contributed by atoms with Crippen LogP contribution in [-0.4, -0.2) is 18.1 Å². The minimum absolute atomic E-state index is 0.0973. The van der Waals surface area contributed by atoms with Gasteiger partial charge in [-0.1, -0.05) is 18.2 Å². The monoisotopic (exact) mass is 375 g/mol. The number of aromatic nitrogens is 2. The molecule has 0 spiro atoms. The molecule has 116 valence electrons. The van der Waals surface area contributed by atoms with E-state index in [1.54, 1.807) is 12.3 Å². The fourth-order valence-electron chi connectivity index (χ4n) is 2.35. The van der Waals surface area contributed by atoms with Crippen LogP contribution in [0.15, 0.2) is 53.3 Å². The zero-order valence-electron chi connectivity index (χ0n) is 12.3. The maximum Gasteiger partial charge on any atom is 0.374 e. The summed E-state index contributed by atoms with van der Waals surface area (Å²) in [5.41, 5.74) is 1.58. The first-order chi connectivity index (χ1) is 11.1. The Kier molecular flexibility index (Phi) is 4.34. The summed E-state index contributed by atoms with van der Waals surface area (Å²) in [6.45, 7) is 0.245. The van der Waals surface area contributed by atoms with Crippen LogP contribution < -0.4 is 4.57 Å². The molecule has 0 aliphatic rings. The molecule has 0 saturated carbocycles. The summed E-state index contributed by atoms with van der Waals surface area (Å²) in [6, 6.07) is 12.6. The molecule has 1 aromatic carbocycles. The largest absolute Gasteiger partial charge is 0.465 e. The number of methoxy groups -OCH3 is 1. The summed E-state index contributed by atoms with van der Waals surface area (Å²) in [5, 5.41) is 0.968. The fraction of sp³-hybridized carbons (Fsp3) is 0.118. The Morgan fingerprint density at radius 3 is 2.87 bits per heavy atom. The summed E-state index contributed by atoms with van der Waals surface area (Å²) in [7, 11) is 1.23. The number of benzene rings is 1. The summed E-state index contributed by atoms with van der Waals surface area (Å²) in [6.07, 6.45) is 1.57. The van der Waals surface area contributed by atoms with Crippen molar-refractivity contribution in [2.45, 2.75) is 6.54 Å². The van der Waals surface area contributed by atoms with Crippen LogP contribution in [0.25, 0.3) is 10.9 Å². The first kappa shape index (κ1) is 15.6. The molecule has 0 saturated heterocycles. The first-order valence-corrected chi connectivity index (χ1v) is 7.70. The SMILES string of the molecule is COC(=O)c1ccc[n+](Cc2cc3ccccc3nc2Br)c1F. The lowest BCUT2D eigenvalue weighted by atomic mass is 10.1. The maximum atomic E-state index is 14.5. The van der Waals surface area contributed by atoms with Gasteiger partial charge < -0.3 is 4.74 Å². The second-order valence-corrected chi connectivity index (χ2v) is 5.71. The molecule has 2 heterocycles. The van der Waals surface area contributed by atoms with Crippen molar-refractivity contribution in [3.05, 3.63) is 70.3 Å². The van der Waals surface area contributed by atoms with Crippen LogP contribution >= 0.6 is 15.9 Å². The highest BCUT2D eigenvalue weighted by molar-refractivity contribution is 9.10. The van der Waals surface area contributed by atoms with Gasteiger partial charge in [-0.3, -0.25) is 0 Å². The number of hydrogen-bond donors (Lipinski definition) is 0. The average molecular weight is 376 g/mol. The summed E-state index contributed by atoms with van der Waals surface area (Å²) in [4.78, 5) is 16.0. The van der Waals surface area contributed by atoms with Gasteiger partial charge in [-0.25, -0.2) is 9.78 Å². The highest BCUT2D eigenvalue weighted by Gasteiger charge is 2.23. The molecule has 0 fully saturated rings. The zero-order chi connectivity index (χ0) is 16.4. The maximum absolute atomic E-state index is 14.5. The fourth-order valence-corrected chi connectivity index (χ4v) is 2.78. The number of fused-ring (bicyclic) bond motifs is 1. The predicted octanol–water partition coefficient (Wildman–Crippen LogP) is 3.26. The number of carbonyl (C=O) groups is 1. The lowest BCUT2D eigenvalue weighted by Crippen LogP contribution is -2.40. The van der Waals surface area contributed by atoms with Crippen molar-refractivity contribution >= 4 is 32.8 Å². The molecular formula is C17H13BrFN2O2+. The molecule has 0 atom stereocenters. The van der Waals surface area contributed by atoms with Gasteiger partial charge in [0.15, 0.2) is 18.3 Å². The standard InChI is InChI=1S/C17H13BrFN2O2/c1-23-17(22)13-6-4-8-21(16(13)19)10-12-9-11-5-2-3-7-14(11)20-15(12)18/h2-9H,10H2,1H3/q+1. The Bertz CT molecular complexity index is 899. The molecular weight excluding hydrogens is 363 g/mol. The second-order valence-electron chi connectivity index (χ2n) is 4.96. The number of ether oxygens (including phenoxy) is 1. The topological polar surface area (TPSA) is 43.1 Å². The quantitative estimate of drug-likeness (QED) is 0.401. The van der Waals surface area contributed by atoms with E-state index in [1.165, 1.54) is 17.7 Å². The molecule has 4 nitrogen and oxygen atoms in total. The Morgan fingerprint density at radius 1 is 1.30 bits per heavy atom. The van der Waals surface area contributed by atoms with Crippen LogP contribution in [0.5, 0.6) is 0 Å². The van der Waals surface area contributed by atoms with Gasteiger partial charge in [0.1, 0.15) is 4.60 Å². The van der Waals surface area contributed by atoms with Crippen LogP contribution in [0.2, 0.25) is 0 Å². The summed E-state index contributed by atoms with van der Waals surface area (Å²) in [5.74, 6) is -1.34. The zero-order valence-corrected chi connectivity index (χ0v) is 13.9. The van der Waals surface area contributed by atoms with E-state index in [0.29, 0.717) is 4.60 Å². The van der Waals surface area contributed by atoms with Crippen LogP contribution in [0, 0.1) is 5.95 Å². The smallest absolute Gasteiger partial charge is 0.374 e. The molecule has 0 N–H and O–H groups in total. The Hall–Kier alpha value is -2.34. The average Bonchev–Trinajstić information content (AvgIpc) is 2.56. The third-order valence-electron chi connectivity index (χ3n) is 3.50. The van der Waals surface area contributed by atoms with Crippen LogP contribution in [-0.2, 0) is 11.3 Å². The molecule has 3 aromatic rings. The molecule has 23 heavy (non-hydrogen) atoms. The molecule has 3 rings (SSSR count). The van der Waals surface area contributed by atoms with E-state index in [2.05, 4.69) is 25.7 Å². The number of halogens is 2. The van der Waals surface area contributed by atoms with Crippen molar-refractivity contribution in [2.24, 2.45) is 0 Å². The van der Waals surface area contributed by atoms with E-state index in [0.717, 1.165) is 16.5 Å². The van der Waals surface area contributed by atoms with Crippen LogP contribution in [0.3, 0.4) is 0 Å². The lowest BCUT2D eigenvalue weighted by Gasteiger charge is -2.05. The Balaban J connectivity index is 2.02. The lowest BCUT2D eigenvalue weighted by molar-refractivity contribution is -0.716. The van der Waals surface area contributed by atoms with E-state index >= 15 is 0 Å². The van der Waals surface area contributed by atoms with Gasteiger partial charge in [0.2, 0.25) is 0 Å². The third-order valence-corrected chi connectivity index (χ3v) is 4.19. The molecule has 0 aliphatic heterocycles. The number of carbonyl (C=O) groups excluding carboxylic acids is 1. The molecule has 0 radical (unpaired) electrons. The summed E-state index contributed by atoms with van der Waals surface area (Å²) < 4.78 is 21.1. The van der Waals surface area contributed by atoms with Gasteiger partial charge in [-0.05, 0) is 34.1 Å². The van der Waals surface area contributed by atoms with Gasteiger partial charge in [0, 0.05) is 11.5 Å². The van der Waals surface area contributed by atoms with E-state index in [4.69, 9.17) is 0 Å². The molecule has 0 amide bonds. The predicted molar refractivity (Wildman–Crippen MR) is 86.5 cm³/mol. The van der Waals surface area contributed by atoms with Crippen molar-refractivity contribution < 1.29 is 18.5 Å². The van der Waals surface area contributed by atoms with Gasteiger partial charge in [-0.15, -0.1) is 4.39 Å². The van der Waals surface area contributed by atoms with Gasteiger partial charge >= 0.3 is 11.9 Å². The van der Waals surface area contributed by atoms with Crippen molar-refractivity contribution in [3.63, 3.8) is 0 Å². The summed E-state index contributed by atoms with van der Waals surface area (Å²) >= 11 is 3.42. The minimum atomic E-state index is -0.701. The number of esters is 1. The highest BCUT2D eigenvalue weighted by Crippen LogP contribution is 2.21. The molecule has 0 aliphatic carbocycles. The van der Waals surface area contributed by atoms with Gasteiger partial charge in [0.05, 0.1) is 18.2 Å². The highest BCUT2D eigenvalue weighted by atomic mass is 79.9. The second kappa shape index (κ2) is 6.42. The normalized spacial score (nSPS) is 10.7. The number of hydrogen-bond acceptors (Lipinski definition) is 3. The number of nitrogens with zero attached hydrogens (tertiary/aromatic N) is 2. The van der Waals surface area contributed by atoms with Crippen LogP contribution in [0.4, 0.5) is 4.39 Å². The minimum Gasteiger partial charge on any atom is -0.465 e. The first-order valence-electron chi connectivity index (χ1n) is 6.90. The van der Waals surface area contributed by atoms with E-state index in [-0.39, 0.29) is 12.1 Å². The molecule has 6 heteroatoms. The van der Waals surface area contributed by atoms with Crippen molar-refractivity contribution in [2.75, 3.05) is 7.11 Å². The Labute approximate surface area is 140 Å². The Morgan fingerprint density at radius 2 is 2.09 bits per heavy atom. The number of pyridine rings is 2. The molecule has 0 bridgehead atoms. The molecule has 0 unspecified atom stereocenters. The van der Waals surface area contributed by atoms with E-state index < -0.39 is 11.9 Å². The van der Waals surface area contributed by atoms with Crippen molar-refractivity contribution in [3.8, 4) is 0 Å². The van der Waals surface area contributed by atoms with Crippen LogP contribution in [0.1, 0.15) is 15.9 Å². The number of rotatable bonds is 3. The van der Waals surface area contributed by atoms with E-state index in [9.17, 15) is 9.18 Å². The van der Waals surface area contributed by atoms with Crippen molar-refractivity contribution in [1.29, 1.82) is 0 Å². The van der Waals surface area contributed by atoms with Gasteiger partial charge in [-0.2, -0.15) is 4.57 Å². The third kappa shape index (κ3) is 3.07. The molecule has 2 aromatic heterocycles. The number of para-hydroxylation sites is 1. The van der Waals surface area contributed by atoms with Gasteiger partial charge in [0.25, 0.3) is 0 Å².